The van der Waals surface area contributed by atoms with Crippen LogP contribution in [0.3, 0.4) is 0 Å². The monoisotopic (exact) mass is 212 g/mol. The lowest BCUT2D eigenvalue weighted by molar-refractivity contribution is 0.139. The molecule has 0 aliphatic carbocycles. The summed E-state index contributed by atoms with van der Waals surface area (Å²) in [6, 6.07) is 7.69. The molecule has 0 amide bonds. The van der Waals surface area contributed by atoms with Gasteiger partial charge in [0.05, 0.1) is 6.10 Å². The highest BCUT2D eigenvalue weighted by Crippen LogP contribution is 2.23. The van der Waals surface area contributed by atoms with Crippen molar-refractivity contribution in [1.82, 2.24) is 0 Å². The first-order valence-electron chi connectivity index (χ1n) is 5.08. The van der Waals surface area contributed by atoms with Crippen LogP contribution in [0.25, 0.3) is 0 Å². The Morgan fingerprint density at radius 2 is 1.86 bits per heavy atom. The number of hydrogen-bond donors (Lipinski definition) is 1. The Balaban J connectivity index is 2.68. The maximum Gasteiger partial charge on any atom is 0.0606 e. The lowest BCUT2D eigenvalue weighted by Gasteiger charge is -2.18. The first kappa shape index (κ1) is 11.5. The first-order chi connectivity index (χ1) is 6.65. The molecule has 78 valence electrons. The lowest BCUT2D eigenvalue weighted by Crippen LogP contribution is -2.15. The average Bonchev–Trinajstić information content (AvgIpc) is 2.18. The molecule has 0 heterocycles. The molecule has 2 heteroatoms. The van der Waals surface area contributed by atoms with Crippen LogP contribution in [-0.4, -0.2) is 11.2 Å². The molecule has 0 aromatic heterocycles. The highest BCUT2D eigenvalue weighted by Gasteiger charge is 2.14. The number of benzene rings is 1. The number of hydrogen-bond acceptors (Lipinski definition) is 1. The van der Waals surface area contributed by atoms with Crippen LogP contribution in [0.2, 0.25) is 5.02 Å². The molecule has 1 rings (SSSR count). The van der Waals surface area contributed by atoms with E-state index in [2.05, 4.69) is 6.92 Å². The normalized spacial score (nSPS) is 15.1. The third-order valence-electron chi connectivity index (χ3n) is 2.56. The van der Waals surface area contributed by atoms with E-state index in [0.29, 0.717) is 0 Å². The Labute approximate surface area is 90.7 Å². The second-order valence-corrected chi connectivity index (χ2v) is 4.13. The van der Waals surface area contributed by atoms with Gasteiger partial charge in [-0.25, -0.2) is 0 Å². The van der Waals surface area contributed by atoms with Crippen molar-refractivity contribution in [2.24, 2.45) is 0 Å². The third kappa shape index (κ3) is 3.00. The summed E-state index contributed by atoms with van der Waals surface area (Å²) >= 11 is 5.79. The van der Waals surface area contributed by atoms with Gasteiger partial charge < -0.3 is 5.11 Å². The van der Waals surface area contributed by atoms with Gasteiger partial charge in [0.1, 0.15) is 0 Å². The summed E-state index contributed by atoms with van der Waals surface area (Å²) < 4.78 is 0. The molecule has 0 fully saturated rings. The van der Waals surface area contributed by atoms with E-state index in [4.69, 9.17) is 11.6 Å². The largest absolute Gasteiger partial charge is 0.393 e. The highest BCUT2D eigenvalue weighted by molar-refractivity contribution is 6.30. The fourth-order valence-electron chi connectivity index (χ4n) is 1.53. The number of aliphatic hydroxyl groups excluding tert-OH is 1. The second-order valence-electron chi connectivity index (χ2n) is 3.70. The molecule has 14 heavy (non-hydrogen) atoms. The van der Waals surface area contributed by atoms with E-state index in [-0.39, 0.29) is 12.0 Å². The molecule has 2 unspecified atom stereocenters. The Kier molecular flexibility index (Phi) is 4.43. The van der Waals surface area contributed by atoms with E-state index < -0.39 is 0 Å². The Morgan fingerprint density at radius 3 is 2.36 bits per heavy atom. The number of rotatable bonds is 4. The summed E-state index contributed by atoms with van der Waals surface area (Å²) in [7, 11) is 0. The standard InChI is InChI=1S/C12H17ClO/c1-3-4-12(14)9(2)10-5-7-11(13)8-6-10/h5-9,12,14H,3-4H2,1-2H3. The van der Waals surface area contributed by atoms with E-state index in [1.54, 1.807) is 0 Å². The quantitative estimate of drug-likeness (QED) is 0.809. The molecule has 0 radical (unpaired) electrons. The van der Waals surface area contributed by atoms with Gasteiger partial charge in [-0.15, -0.1) is 0 Å². The van der Waals surface area contributed by atoms with Gasteiger partial charge in [-0.05, 0) is 24.1 Å². The Morgan fingerprint density at radius 1 is 1.29 bits per heavy atom. The fraction of sp³-hybridized carbons (Fsp3) is 0.500. The average molecular weight is 213 g/mol. The molecule has 1 aromatic rings. The molecular formula is C12H17ClO. The van der Waals surface area contributed by atoms with Crippen molar-refractivity contribution in [2.75, 3.05) is 0 Å². The van der Waals surface area contributed by atoms with E-state index >= 15 is 0 Å². The van der Waals surface area contributed by atoms with Gasteiger partial charge in [-0.1, -0.05) is 44.0 Å². The second kappa shape index (κ2) is 5.38. The summed E-state index contributed by atoms with van der Waals surface area (Å²) in [5.41, 5.74) is 1.15. The minimum absolute atomic E-state index is 0.187. The zero-order valence-corrected chi connectivity index (χ0v) is 9.46. The van der Waals surface area contributed by atoms with Crippen molar-refractivity contribution in [3.05, 3.63) is 34.9 Å². The van der Waals surface area contributed by atoms with Crippen molar-refractivity contribution < 1.29 is 5.11 Å². The van der Waals surface area contributed by atoms with Gasteiger partial charge in [-0.3, -0.25) is 0 Å². The van der Waals surface area contributed by atoms with Gasteiger partial charge in [0.2, 0.25) is 0 Å². The summed E-state index contributed by atoms with van der Waals surface area (Å²) in [5, 5.41) is 10.5. The maximum absolute atomic E-state index is 9.81. The zero-order valence-electron chi connectivity index (χ0n) is 8.70. The maximum atomic E-state index is 9.81. The van der Waals surface area contributed by atoms with Crippen LogP contribution in [0.4, 0.5) is 0 Å². The van der Waals surface area contributed by atoms with E-state index in [0.717, 1.165) is 23.4 Å². The van der Waals surface area contributed by atoms with Crippen LogP contribution in [0.1, 0.15) is 38.2 Å². The van der Waals surface area contributed by atoms with Crippen LogP contribution in [0.15, 0.2) is 24.3 Å². The van der Waals surface area contributed by atoms with Gasteiger partial charge in [-0.2, -0.15) is 0 Å². The fourth-order valence-corrected chi connectivity index (χ4v) is 1.66. The molecule has 0 aliphatic rings. The summed E-state index contributed by atoms with van der Waals surface area (Å²) in [6.45, 7) is 4.13. The number of aliphatic hydroxyl groups is 1. The first-order valence-corrected chi connectivity index (χ1v) is 5.46. The minimum Gasteiger partial charge on any atom is -0.393 e. The predicted octanol–water partition coefficient (Wildman–Crippen LogP) is 3.60. The molecule has 0 saturated carbocycles. The molecular weight excluding hydrogens is 196 g/mol. The zero-order chi connectivity index (χ0) is 10.6. The topological polar surface area (TPSA) is 20.2 Å². The van der Waals surface area contributed by atoms with Crippen molar-refractivity contribution in [3.8, 4) is 0 Å². The van der Waals surface area contributed by atoms with Gasteiger partial charge in [0.25, 0.3) is 0 Å². The van der Waals surface area contributed by atoms with Gasteiger partial charge in [0, 0.05) is 10.9 Å². The van der Waals surface area contributed by atoms with Gasteiger partial charge >= 0.3 is 0 Å². The van der Waals surface area contributed by atoms with Crippen molar-refractivity contribution in [3.63, 3.8) is 0 Å². The predicted molar refractivity (Wildman–Crippen MR) is 60.8 cm³/mol. The minimum atomic E-state index is -0.249. The molecule has 0 bridgehead atoms. The number of halogens is 1. The molecule has 1 aromatic carbocycles. The van der Waals surface area contributed by atoms with Crippen LogP contribution in [0, 0.1) is 0 Å². The molecule has 1 nitrogen and oxygen atoms in total. The summed E-state index contributed by atoms with van der Waals surface area (Å²) in [5.74, 6) is 0.187. The van der Waals surface area contributed by atoms with Gasteiger partial charge in [0.15, 0.2) is 0 Å². The van der Waals surface area contributed by atoms with E-state index in [1.807, 2.05) is 31.2 Å². The Hall–Kier alpha value is -0.530. The lowest BCUT2D eigenvalue weighted by atomic mass is 9.93. The Bertz CT molecular complexity index is 268. The SMILES string of the molecule is CCCC(O)C(C)c1ccc(Cl)cc1. The van der Waals surface area contributed by atoms with Crippen LogP contribution >= 0.6 is 11.6 Å². The molecule has 1 N–H and O–H groups in total. The highest BCUT2D eigenvalue weighted by atomic mass is 35.5. The van der Waals surface area contributed by atoms with Crippen LogP contribution in [0.5, 0.6) is 0 Å². The molecule has 0 spiro atoms. The van der Waals surface area contributed by atoms with E-state index in [9.17, 15) is 5.11 Å². The summed E-state index contributed by atoms with van der Waals surface area (Å²) in [6.07, 6.45) is 1.62. The summed E-state index contributed by atoms with van der Waals surface area (Å²) in [4.78, 5) is 0. The third-order valence-corrected chi connectivity index (χ3v) is 2.81. The van der Waals surface area contributed by atoms with E-state index in [1.165, 1.54) is 0 Å². The molecule has 0 saturated heterocycles. The van der Waals surface area contributed by atoms with Crippen molar-refractivity contribution in [2.45, 2.75) is 38.7 Å². The molecule has 0 aliphatic heterocycles. The van der Waals surface area contributed by atoms with Crippen LogP contribution in [-0.2, 0) is 0 Å². The smallest absolute Gasteiger partial charge is 0.0606 e. The van der Waals surface area contributed by atoms with Crippen LogP contribution < -0.4 is 0 Å². The van der Waals surface area contributed by atoms with Crippen molar-refractivity contribution >= 4 is 11.6 Å². The van der Waals surface area contributed by atoms with Crippen molar-refractivity contribution in [1.29, 1.82) is 0 Å². The molecule has 2 atom stereocenters.